The molecule has 0 spiro atoms. The lowest BCUT2D eigenvalue weighted by atomic mass is 10.1. The summed E-state index contributed by atoms with van der Waals surface area (Å²) in [7, 11) is 0. The van der Waals surface area contributed by atoms with Gasteiger partial charge >= 0.3 is 0 Å². The fourth-order valence-electron chi connectivity index (χ4n) is 2.00. The van der Waals surface area contributed by atoms with Gasteiger partial charge in [0.15, 0.2) is 0 Å². The highest BCUT2D eigenvalue weighted by Gasteiger charge is 2.15. The summed E-state index contributed by atoms with van der Waals surface area (Å²) in [4.78, 5) is 18.4. The molecule has 2 rings (SSSR count). The van der Waals surface area contributed by atoms with Crippen LogP contribution in [-0.2, 0) is 6.54 Å². The van der Waals surface area contributed by atoms with E-state index in [2.05, 4.69) is 20.9 Å². The maximum Gasteiger partial charge on any atom is 0.254 e. The van der Waals surface area contributed by atoms with Gasteiger partial charge in [0.25, 0.3) is 5.91 Å². The summed E-state index contributed by atoms with van der Waals surface area (Å²) in [6.45, 7) is 5.26. The molecule has 1 heterocycles. The van der Waals surface area contributed by atoms with E-state index in [0.29, 0.717) is 13.1 Å². The maximum absolute atomic E-state index is 12.5. The molecule has 2 aromatic rings. The third-order valence-corrected chi connectivity index (χ3v) is 4.09. The molecule has 0 N–H and O–H groups in total. The van der Waals surface area contributed by atoms with E-state index in [9.17, 15) is 4.79 Å². The number of rotatable bonds is 4. The maximum atomic E-state index is 12.5. The quantitative estimate of drug-likeness (QED) is 0.852. The van der Waals surface area contributed by atoms with Gasteiger partial charge in [-0.15, -0.1) is 0 Å². The Morgan fingerprint density at radius 1 is 1.25 bits per heavy atom. The second kappa shape index (κ2) is 6.66. The lowest BCUT2D eigenvalue weighted by Crippen LogP contribution is -2.30. The van der Waals surface area contributed by atoms with Crippen molar-refractivity contribution in [3.05, 3.63) is 63.9 Å². The number of benzene rings is 1. The molecule has 0 aliphatic heterocycles. The Hall–Kier alpha value is -1.68. The number of hydrogen-bond donors (Lipinski definition) is 0. The molecule has 1 aromatic carbocycles. The summed E-state index contributed by atoms with van der Waals surface area (Å²) in [6, 6.07) is 9.56. The van der Waals surface area contributed by atoms with Gasteiger partial charge in [-0.2, -0.15) is 0 Å². The number of carbonyl (C=O) groups excluding carboxylic acids is 1. The predicted molar refractivity (Wildman–Crippen MR) is 83.5 cm³/mol. The Morgan fingerprint density at radius 3 is 2.55 bits per heavy atom. The van der Waals surface area contributed by atoms with Crippen LogP contribution in [0.3, 0.4) is 0 Å². The molecule has 1 aromatic heterocycles. The molecule has 0 saturated carbocycles. The van der Waals surface area contributed by atoms with E-state index in [1.54, 1.807) is 12.4 Å². The van der Waals surface area contributed by atoms with Crippen LogP contribution >= 0.6 is 15.9 Å². The normalized spacial score (nSPS) is 10.3. The smallest absolute Gasteiger partial charge is 0.254 e. The van der Waals surface area contributed by atoms with Gasteiger partial charge in [0.1, 0.15) is 0 Å². The van der Waals surface area contributed by atoms with Crippen LogP contribution in [0.25, 0.3) is 0 Å². The molecule has 3 nitrogen and oxygen atoms in total. The SMILES string of the molecule is CCN(Cc1ccncc1)C(=O)c1ccc(Br)c(C)c1. The lowest BCUT2D eigenvalue weighted by molar-refractivity contribution is 0.0752. The molecule has 0 bridgehead atoms. The van der Waals surface area contributed by atoms with Crippen molar-refractivity contribution in [2.75, 3.05) is 6.54 Å². The molecular weight excluding hydrogens is 316 g/mol. The average Bonchev–Trinajstić information content (AvgIpc) is 2.48. The standard InChI is InChI=1S/C16H17BrN2O/c1-3-19(11-13-6-8-18-9-7-13)16(20)14-4-5-15(17)12(2)10-14/h4-10H,3,11H2,1-2H3. The largest absolute Gasteiger partial charge is 0.335 e. The van der Waals surface area contributed by atoms with Gasteiger partial charge in [0.2, 0.25) is 0 Å². The fraction of sp³-hybridized carbons (Fsp3) is 0.250. The molecule has 1 amide bonds. The highest BCUT2D eigenvalue weighted by molar-refractivity contribution is 9.10. The minimum Gasteiger partial charge on any atom is -0.335 e. The van der Waals surface area contributed by atoms with Crippen LogP contribution in [0.1, 0.15) is 28.4 Å². The predicted octanol–water partition coefficient (Wildman–Crippen LogP) is 3.81. The summed E-state index contributed by atoms with van der Waals surface area (Å²) < 4.78 is 1.02. The van der Waals surface area contributed by atoms with Gasteiger partial charge in [-0.1, -0.05) is 15.9 Å². The number of amides is 1. The second-order valence-corrected chi connectivity index (χ2v) is 5.49. The average molecular weight is 333 g/mol. The number of hydrogen-bond acceptors (Lipinski definition) is 2. The van der Waals surface area contributed by atoms with Crippen molar-refractivity contribution in [1.29, 1.82) is 0 Å². The first-order chi connectivity index (χ1) is 9.61. The fourth-order valence-corrected chi connectivity index (χ4v) is 2.24. The van der Waals surface area contributed by atoms with Crippen LogP contribution in [0.4, 0.5) is 0 Å². The Morgan fingerprint density at radius 2 is 1.95 bits per heavy atom. The van der Waals surface area contributed by atoms with E-state index >= 15 is 0 Å². The first kappa shape index (κ1) is 14.7. The van der Waals surface area contributed by atoms with Crippen LogP contribution in [0, 0.1) is 6.92 Å². The topological polar surface area (TPSA) is 33.2 Å². The zero-order valence-electron chi connectivity index (χ0n) is 11.6. The van der Waals surface area contributed by atoms with E-state index in [0.717, 1.165) is 21.2 Å². The van der Waals surface area contributed by atoms with Gasteiger partial charge in [-0.3, -0.25) is 9.78 Å². The van der Waals surface area contributed by atoms with Crippen LogP contribution in [0.5, 0.6) is 0 Å². The zero-order chi connectivity index (χ0) is 14.5. The molecule has 0 aliphatic rings. The molecule has 0 fully saturated rings. The van der Waals surface area contributed by atoms with Gasteiger partial charge in [0, 0.05) is 35.5 Å². The van der Waals surface area contributed by atoms with Gasteiger partial charge in [-0.05, 0) is 55.3 Å². The lowest BCUT2D eigenvalue weighted by Gasteiger charge is -2.21. The van der Waals surface area contributed by atoms with Crippen molar-refractivity contribution in [1.82, 2.24) is 9.88 Å². The van der Waals surface area contributed by atoms with Crippen LogP contribution in [0.2, 0.25) is 0 Å². The van der Waals surface area contributed by atoms with Crippen LogP contribution < -0.4 is 0 Å². The highest BCUT2D eigenvalue weighted by Crippen LogP contribution is 2.18. The third kappa shape index (κ3) is 3.45. The Labute approximate surface area is 127 Å². The van der Waals surface area contributed by atoms with Crippen molar-refractivity contribution in [3.63, 3.8) is 0 Å². The summed E-state index contributed by atoms with van der Waals surface area (Å²) >= 11 is 3.45. The van der Waals surface area contributed by atoms with Gasteiger partial charge in [0.05, 0.1) is 0 Å². The second-order valence-electron chi connectivity index (χ2n) is 4.64. The number of halogens is 1. The van der Waals surface area contributed by atoms with Crippen LogP contribution in [0.15, 0.2) is 47.2 Å². The molecule has 0 atom stereocenters. The first-order valence-corrected chi connectivity index (χ1v) is 7.35. The molecular formula is C16H17BrN2O. The van der Waals surface area contributed by atoms with Crippen molar-refractivity contribution < 1.29 is 4.79 Å². The number of carbonyl (C=O) groups is 1. The van der Waals surface area contributed by atoms with Crippen molar-refractivity contribution in [3.8, 4) is 0 Å². The van der Waals surface area contributed by atoms with Crippen molar-refractivity contribution >= 4 is 21.8 Å². The van der Waals surface area contributed by atoms with E-state index in [1.165, 1.54) is 0 Å². The highest BCUT2D eigenvalue weighted by atomic mass is 79.9. The summed E-state index contributed by atoms with van der Waals surface area (Å²) in [5, 5.41) is 0. The number of nitrogens with zero attached hydrogens (tertiary/aromatic N) is 2. The van der Waals surface area contributed by atoms with Crippen molar-refractivity contribution in [2.24, 2.45) is 0 Å². The molecule has 0 saturated heterocycles. The van der Waals surface area contributed by atoms with E-state index < -0.39 is 0 Å². The van der Waals surface area contributed by atoms with Gasteiger partial charge < -0.3 is 4.90 Å². The first-order valence-electron chi connectivity index (χ1n) is 6.56. The molecule has 0 unspecified atom stereocenters. The molecule has 4 heteroatoms. The van der Waals surface area contributed by atoms with E-state index in [-0.39, 0.29) is 5.91 Å². The molecule has 20 heavy (non-hydrogen) atoms. The summed E-state index contributed by atoms with van der Waals surface area (Å²) in [5.74, 6) is 0.0555. The summed E-state index contributed by atoms with van der Waals surface area (Å²) in [5.41, 5.74) is 2.88. The van der Waals surface area contributed by atoms with Gasteiger partial charge in [-0.25, -0.2) is 0 Å². The van der Waals surface area contributed by atoms with E-state index in [1.807, 2.05) is 49.1 Å². The molecule has 0 radical (unpaired) electrons. The van der Waals surface area contributed by atoms with Crippen LogP contribution in [-0.4, -0.2) is 22.3 Å². The zero-order valence-corrected chi connectivity index (χ0v) is 13.2. The number of aromatic nitrogens is 1. The molecule has 104 valence electrons. The molecule has 0 aliphatic carbocycles. The van der Waals surface area contributed by atoms with E-state index in [4.69, 9.17) is 0 Å². The Balaban J connectivity index is 2.18. The van der Waals surface area contributed by atoms with Crippen molar-refractivity contribution in [2.45, 2.75) is 20.4 Å². The monoisotopic (exact) mass is 332 g/mol. The third-order valence-electron chi connectivity index (χ3n) is 3.20. The Bertz CT molecular complexity index is 599. The minimum absolute atomic E-state index is 0.0555. The number of aryl methyl sites for hydroxylation is 1. The minimum atomic E-state index is 0.0555. The Kier molecular flexibility index (Phi) is 4.90. The number of pyridine rings is 1. The summed E-state index contributed by atoms with van der Waals surface area (Å²) in [6.07, 6.45) is 3.49.